The van der Waals surface area contributed by atoms with Gasteiger partial charge in [-0.3, -0.25) is 0 Å². The second-order valence-corrected chi connectivity index (χ2v) is 2.36. The highest BCUT2D eigenvalue weighted by molar-refractivity contribution is 5.81. The number of hydrogen-bond donors (Lipinski definition) is 3. The zero-order valence-corrected chi connectivity index (χ0v) is 6.76. The number of aromatic amines is 1. The molecule has 0 atom stereocenters. The Morgan fingerprint density at radius 3 is 3.07 bits per heavy atom. The van der Waals surface area contributed by atoms with Crippen LogP contribution in [0, 0.1) is 0 Å². The summed E-state index contributed by atoms with van der Waals surface area (Å²) in [5, 5.41) is 8.31. The van der Waals surface area contributed by atoms with Crippen LogP contribution in [-0.2, 0) is 0 Å². The summed E-state index contributed by atoms with van der Waals surface area (Å²) < 4.78 is 4.23. The number of aromatic nitrogens is 4. The molecular formula is C6H5N5O3. The summed E-state index contributed by atoms with van der Waals surface area (Å²) in [5.74, 6) is 0.0868. The lowest BCUT2D eigenvalue weighted by Crippen LogP contribution is -2.07. The number of nitrogen functional groups attached to an aromatic ring is 1. The molecule has 0 spiro atoms. The Morgan fingerprint density at radius 1 is 1.57 bits per heavy atom. The summed E-state index contributed by atoms with van der Waals surface area (Å²) >= 11 is 0. The Hall–Kier alpha value is -2.38. The average Bonchev–Trinajstić information content (AvgIpc) is 2.50. The summed E-state index contributed by atoms with van der Waals surface area (Å²) in [5.41, 5.74) is 6.19. The third kappa shape index (κ3) is 1.28. The van der Waals surface area contributed by atoms with Crippen molar-refractivity contribution in [3.63, 3.8) is 0 Å². The van der Waals surface area contributed by atoms with Gasteiger partial charge < -0.3 is 20.6 Å². The fourth-order valence-corrected chi connectivity index (χ4v) is 0.959. The number of H-pyrrole nitrogens is 1. The zero-order valence-electron chi connectivity index (χ0n) is 6.76. The lowest BCUT2D eigenvalue weighted by atomic mass is 10.5. The molecule has 0 fully saturated rings. The molecule has 0 aliphatic rings. The molecule has 2 rings (SSSR count). The van der Waals surface area contributed by atoms with Crippen molar-refractivity contribution in [3.05, 3.63) is 6.33 Å². The minimum atomic E-state index is -1.50. The van der Waals surface area contributed by atoms with Gasteiger partial charge in [0.15, 0.2) is 11.5 Å². The van der Waals surface area contributed by atoms with E-state index in [4.69, 9.17) is 10.8 Å². The minimum absolute atomic E-state index is 0.0868. The number of rotatable bonds is 1. The van der Waals surface area contributed by atoms with E-state index in [0.29, 0.717) is 5.52 Å². The van der Waals surface area contributed by atoms with Crippen LogP contribution in [-0.4, -0.2) is 31.2 Å². The summed E-state index contributed by atoms with van der Waals surface area (Å²) in [6.07, 6.45) is -0.125. The Bertz CT molecular complexity index is 493. The summed E-state index contributed by atoms with van der Waals surface area (Å²) in [4.78, 5) is 24.0. The number of fused-ring (bicyclic) bond motifs is 1. The van der Waals surface area contributed by atoms with E-state index in [9.17, 15) is 4.79 Å². The van der Waals surface area contributed by atoms with Gasteiger partial charge in [0.25, 0.3) is 0 Å². The number of nitrogens with zero attached hydrogens (tertiary/aromatic N) is 3. The Labute approximate surface area is 76.8 Å². The van der Waals surface area contributed by atoms with Gasteiger partial charge in [0.1, 0.15) is 5.52 Å². The van der Waals surface area contributed by atoms with Crippen molar-refractivity contribution in [2.24, 2.45) is 0 Å². The zero-order chi connectivity index (χ0) is 10.1. The highest BCUT2D eigenvalue weighted by Gasteiger charge is 2.10. The SMILES string of the molecule is Nc1nc(OC(=O)O)nc2nc[nH]c12. The largest absolute Gasteiger partial charge is 0.513 e. The fourth-order valence-electron chi connectivity index (χ4n) is 0.959. The molecule has 2 heterocycles. The van der Waals surface area contributed by atoms with Gasteiger partial charge in [-0.2, -0.15) is 9.97 Å². The summed E-state index contributed by atoms with van der Waals surface area (Å²) in [6, 6.07) is -0.338. The quantitative estimate of drug-likeness (QED) is 0.546. The highest BCUT2D eigenvalue weighted by atomic mass is 16.7. The van der Waals surface area contributed by atoms with Gasteiger partial charge in [-0.15, -0.1) is 0 Å². The van der Waals surface area contributed by atoms with Gasteiger partial charge in [0.05, 0.1) is 6.33 Å². The molecule has 72 valence electrons. The van der Waals surface area contributed by atoms with Crippen LogP contribution in [0.1, 0.15) is 0 Å². The molecule has 0 saturated carbocycles. The smallest absolute Gasteiger partial charge is 0.449 e. The molecule has 14 heavy (non-hydrogen) atoms. The van der Waals surface area contributed by atoms with Gasteiger partial charge in [-0.25, -0.2) is 9.78 Å². The normalized spacial score (nSPS) is 10.3. The van der Waals surface area contributed by atoms with Crippen LogP contribution < -0.4 is 10.5 Å². The van der Waals surface area contributed by atoms with Crippen LogP contribution in [0.2, 0.25) is 0 Å². The van der Waals surface area contributed by atoms with E-state index in [1.807, 2.05) is 0 Å². The molecule has 2 aromatic heterocycles. The predicted molar refractivity (Wildman–Crippen MR) is 44.7 cm³/mol. The topological polar surface area (TPSA) is 127 Å². The van der Waals surface area contributed by atoms with E-state index in [0.717, 1.165) is 0 Å². The van der Waals surface area contributed by atoms with Gasteiger partial charge in [-0.05, 0) is 0 Å². The first-order valence-corrected chi connectivity index (χ1v) is 3.54. The maximum absolute atomic E-state index is 10.2. The number of hydrogen-bond acceptors (Lipinski definition) is 6. The fraction of sp³-hybridized carbons (Fsp3) is 0. The molecule has 0 aliphatic heterocycles. The van der Waals surface area contributed by atoms with Crippen molar-refractivity contribution in [2.75, 3.05) is 5.73 Å². The van der Waals surface area contributed by atoms with Crippen LogP contribution in [0.5, 0.6) is 6.01 Å². The molecule has 0 radical (unpaired) electrons. The van der Waals surface area contributed by atoms with E-state index >= 15 is 0 Å². The summed E-state index contributed by atoms with van der Waals surface area (Å²) in [6.45, 7) is 0. The maximum atomic E-state index is 10.2. The molecule has 4 N–H and O–H groups in total. The first-order valence-electron chi connectivity index (χ1n) is 3.54. The van der Waals surface area contributed by atoms with Crippen LogP contribution in [0.25, 0.3) is 11.2 Å². The van der Waals surface area contributed by atoms with Crippen molar-refractivity contribution >= 4 is 23.1 Å². The van der Waals surface area contributed by atoms with Crippen LogP contribution in [0.15, 0.2) is 6.33 Å². The molecule has 8 nitrogen and oxygen atoms in total. The number of imidazole rings is 1. The molecule has 0 saturated heterocycles. The Morgan fingerprint density at radius 2 is 2.36 bits per heavy atom. The van der Waals surface area contributed by atoms with E-state index in [-0.39, 0.29) is 17.5 Å². The van der Waals surface area contributed by atoms with E-state index < -0.39 is 6.16 Å². The van der Waals surface area contributed by atoms with E-state index in [1.54, 1.807) is 0 Å². The number of nitrogens with one attached hydrogen (secondary N) is 1. The van der Waals surface area contributed by atoms with E-state index in [2.05, 4.69) is 24.7 Å². The van der Waals surface area contributed by atoms with Crippen molar-refractivity contribution in [3.8, 4) is 6.01 Å². The highest BCUT2D eigenvalue weighted by Crippen LogP contribution is 2.16. The standard InChI is InChI=1S/C6H5N5O3/c7-3-2-4(9-1-8-2)11-5(10-3)14-6(12)13/h1H,(H,12,13)(H3,7,8,9,10,11). The van der Waals surface area contributed by atoms with E-state index in [1.165, 1.54) is 6.33 Å². The molecule has 0 unspecified atom stereocenters. The van der Waals surface area contributed by atoms with Crippen molar-refractivity contribution in [1.29, 1.82) is 0 Å². The third-order valence-corrected chi connectivity index (χ3v) is 1.47. The minimum Gasteiger partial charge on any atom is -0.449 e. The molecule has 0 aromatic carbocycles. The second kappa shape index (κ2) is 2.83. The monoisotopic (exact) mass is 195 g/mol. The lowest BCUT2D eigenvalue weighted by molar-refractivity contribution is 0.140. The van der Waals surface area contributed by atoms with Crippen molar-refractivity contribution in [1.82, 2.24) is 19.9 Å². The van der Waals surface area contributed by atoms with Crippen LogP contribution in [0.4, 0.5) is 10.6 Å². The molecule has 0 amide bonds. The van der Waals surface area contributed by atoms with Gasteiger partial charge in [0, 0.05) is 0 Å². The second-order valence-electron chi connectivity index (χ2n) is 2.36. The number of nitrogens with two attached hydrogens (primary N) is 1. The molecular weight excluding hydrogens is 190 g/mol. The van der Waals surface area contributed by atoms with Gasteiger partial charge in [0.2, 0.25) is 0 Å². The van der Waals surface area contributed by atoms with Crippen LogP contribution >= 0.6 is 0 Å². The molecule has 0 aliphatic carbocycles. The van der Waals surface area contributed by atoms with Crippen molar-refractivity contribution in [2.45, 2.75) is 0 Å². The number of ether oxygens (including phenoxy) is 1. The van der Waals surface area contributed by atoms with Gasteiger partial charge in [-0.1, -0.05) is 0 Å². The maximum Gasteiger partial charge on any atom is 0.513 e. The van der Waals surface area contributed by atoms with Gasteiger partial charge >= 0.3 is 12.2 Å². The first kappa shape index (κ1) is 8.23. The molecule has 0 bridgehead atoms. The predicted octanol–water partition coefficient (Wildman–Crippen LogP) is -0.00810. The van der Waals surface area contributed by atoms with Crippen molar-refractivity contribution < 1.29 is 14.6 Å². The number of carboxylic acid groups (broad SMARTS) is 1. The Balaban J connectivity index is 2.53. The lowest BCUT2D eigenvalue weighted by Gasteiger charge is -1.98. The summed E-state index contributed by atoms with van der Waals surface area (Å²) in [7, 11) is 0. The average molecular weight is 195 g/mol. The molecule has 2 aromatic rings. The number of carbonyl (C=O) groups is 1. The third-order valence-electron chi connectivity index (χ3n) is 1.47. The molecule has 8 heteroatoms. The first-order chi connectivity index (χ1) is 6.66. The Kier molecular flexibility index (Phi) is 1.67. The van der Waals surface area contributed by atoms with Crippen LogP contribution in [0.3, 0.4) is 0 Å². The number of anilines is 1.